The molecular weight excluding hydrogens is 326 g/mol. The summed E-state index contributed by atoms with van der Waals surface area (Å²) in [5, 5.41) is 2.85. The molecule has 0 bridgehead atoms. The van der Waals surface area contributed by atoms with E-state index >= 15 is 0 Å². The Kier molecular flexibility index (Phi) is 4.18. The minimum absolute atomic E-state index is 0.0108. The van der Waals surface area contributed by atoms with E-state index in [9.17, 15) is 0 Å². The lowest BCUT2D eigenvalue weighted by Crippen LogP contribution is -2.38. The van der Waals surface area contributed by atoms with Gasteiger partial charge >= 0.3 is 0 Å². The summed E-state index contributed by atoms with van der Waals surface area (Å²) in [6.45, 7) is 13.9. The standard InChI is InChI=1S/C26H32N/c1-8-18(9-2)19-14-20-13-17(4)27(7)25-23-16(3)11-10-12-21(23)26(5,6)22(15-19)24(20)25/h10-15,18H,8-9H2,1-7H3/q+1. The Balaban J connectivity index is 2.22. The van der Waals surface area contributed by atoms with Gasteiger partial charge in [0.15, 0.2) is 5.69 Å². The van der Waals surface area contributed by atoms with Crippen LogP contribution in [0, 0.1) is 13.8 Å². The van der Waals surface area contributed by atoms with Crippen LogP contribution in [-0.4, -0.2) is 0 Å². The highest BCUT2D eigenvalue weighted by Gasteiger charge is 2.39. The minimum atomic E-state index is 0.0108. The van der Waals surface area contributed by atoms with Gasteiger partial charge in [0.1, 0.15) is 7.05 Å². The van der Waals surface area contributed by atoms with Crippen LogP contribution in [0.1, 0.15) is 74.4 Å². The fourth-order valence-electron chi connectivity index (χ4n) is 5.16. The van der Waals surface area contributed by atoms with Gasteiger partial charge in [0.2, 0.25) is 5.69 Å². The number of nitrogens with zero attached hydrogens (tertiary/aromatic N) is 1. The maximum absolute atomic E-state index is 2.52. The zero-order valence-electron chi connectivity index (χ0n) is 17.9. The third kappa shape index (κ3) is 2.47. The Labute approximate surface area is 164 Å². The second-order valence-corrected chi connectivity index (χ2v) is 8.86. The quantitative estimate of drug-likeness (QED) is 0.471. The van der Waals surface area contributed by atoms with Crippen molar-refractivity contribution < 1.29 is 4.57 Å². The van der Waals surface area contributed by atoms with Crippen molar-refractivity contribution in [3.05, 3.63) is 64.3 Å². The number of benzene rings is 2. The van der Waals surface area contributed by atoms with Crippen LogP contribution < -0.4 is 4.57 Å². The SMILES string of the molecule is CCC(CC)c1cc2c3c([n+](C)c(C)cc3c1)-c1c(C)cccc1C2(C)C. The molecule has 3 aromatic rings. The number of pyridine rings is 1. The number of fused-ring (bicyclic) bond motifs is 2. The molecule has 0 spiro atoms. The van der Waals surface area contributed by atoms with Gasteiger partial charge < -0.3 is 0 Å². The predicted molar refractivity (Wildman–Crippen MR) is 115 cm³/mol. The van der Waals surface area contributed by atoms with E-state index in [1.54, 1.807) is 0 Å². The lowest BCUT2D eigenvalue weighted by molar-refractivity contribution is -0.665. The summed E-state index contributed by atoms with van der Waals surface area (Å²) < 4.78 is 2.39. The fourth-order valence-corrected chi connectivity index (χ4v) is 5.16. The molecule has 140 valence electrons. The molecule has 1 heterocycles. The zero-order valence-corrected chi connectivity index (χ0v) is 17.9. The summed E-state index contributed by atoms with van der Waals surface area (Å²) in [5.74, 6) is 0.637. The molecule has 1 aliphatic carbocycles. The maximum atomic E-state index is 2.52. The van der Waals surface area contributed by atoms with Gasteiger partial charge in [-0.2, -0.15) is 4.57 Å². The largest absolute Gasteiger partial charge is 0.221 e. The first-order valence-corrected chi connectivity index (χ1v) is 10.4. The van der Waals surface area contributed by atoms with Crippen molar-refractivity contribution in [3.8, 4) is 11.3 Å². The molecule has 0 atom stereocenters. The summed E-state index contributed by atoms with van der Waals surface area (Å²) in [6.07, 6.45) is 2.40. The first-order chi connectivity index (χ1) is 12.8. The monoisotopic (exact) mass is 358 g/mol. The van der Waals surface area contributed by atoms with Gasteiger partial charge in [0.25, 0.3) is 0 Å². The van der Waals surface area contributed by atoms with E-state index in [0.717, 1.165) is 0 Å². The lowest BCUT2D eigenvalue weighted by Gasteiger charge is -2.35. The van der Waals surface area contributed by atoms with Crippen molar-refractivity contribution in [2.24, 2.45) is 7.05 Å². The Morgan fingerprint density at radius 3 is 2.33 bits per heavy atom. The Bertz CT molecular complexity index is 1050. The summed E-state index contributed by atoms with van der Waals surface area (Å²) in [5.41, 5.74) is 9.98. The van der Waals surface area contributed by atoms with Gasteiger partial charge in [-0.1, -0.05) is 58.0 Å². The molecule has 0 amide bonds. The second kappa shape index (κ2) is 6.19. The second-order valence-electron chi connectivity index (χ2n) is 8.86. The molecular formula is C26H32N+. The number of hydrogen-bond acceptors (Lipinski definition) is 0. The van der Waals surface area contributed by atoms with Crippen LogP contribution in [0.15, 0.2) is 36.4 Å². The fraction of sp³-hybridized carbons (Fsp3) is 0.423. The molecule has 1 aromatic heterocycles. The van der Waals surface area contributed by atoms with Gasteiger partial charge in [0, 0.05) is 18.4 Å². The average molecular weight is 359 g/mol. The van der Waals surface area contributed by atoms with Crippen LogP contribution in [0.3, 0.4) is 0 Å². The highest BCUT2D eigenvalue weighted by molar-refractivity contribution is 6.01. The molecule has 0 fully saturated rings. The molecule has 1 nitrogen and oxygen atoms in total. The van der Waals surface area contributed by atoms with Gasteiger partial charge in [0.05, 0.1) is 10.9 Å². The normalized spacial score (nSPS) is 14.7. The van der Waals surface area contributed by atoms with E-state index in [1.165, 1.54) is 62.8 Å². The van der Waals surface area contributed by atoms with Gasteiger partial charge in [-0.25, -0.2) is 0 Å². The van der Waals surface area contributed by atoms with E-state index in [-0.39, 0.29) is 5.41 Å². The third-order valence-electron chi connectivity index (χ3n) is 6.97. The van der Waals surface area contributed by atoms with Crippen LogP contribution in [-0.2, 0) is 12.5 Å². The lowest BCUT2D eigenvalue weighted by atomic mass is 9.68. The van der Waals surface area contributed by atoms with Crippen molar-refractivity contribution >= 4 is 10.8 Å². The van der Waals surface area contributed by atoms with E-state index in [1.807, 2.05) is 0 Å². The van der Waals surface area contributed by atoms with Crippen LogP contribution in [0.2, 0.25) is 0 Å². The first-order valence-electron chi connectivity index (χ1n) is 10.4. The topological polar surface area (TPSA) is 3.88 Å². The van der Waals surface area contributed by atoms with Crippen LogP contribution >= 0.6 is 0 Å². The van der Waals surface area contributed by atoms with Gasteiger partial charge in [-0.05, 0) is 53.3 Å². The maximum Gasteiger partial charge on any atom is 0.221 e. The summed E-state index contributed by atoms with van der Waals surface area (Å²) in [4.78, 5) is 0. The Hall–Kier alpha value is -2.15. The highest BCUT2D eigenvalue weighted by atomic mass is 14.9. The van der Waals surface area contributed by atoms with Crippen molar-refractivity contribution in [2.75, 3.05) is 0 Å². The van der Waals surface area contributed by atoms with Crippen LogP contribution in [0.25, 0.3) is 22.0 Å². The Morgan fingerprint density at radius 2 is 1.67 bits per heavy atom. The molecule has 0 saturated carbocycles. The molecule has 0 unspecified atom stereocenters. The average Bonchev–Trinajstić information content (AvgIpc) is 2.63. The van der Waals surface area contributed by atoms with Crippen molar-refractivity contribution in [1.29, 1.82) is 0 Å². The Morgan fingerprint density at radius 1 is 0.963 bits per heavy atom. The van der Waals surface area contributed by atoms with E-state index in [0.29, 0.717) is 5.92 Å². The van der Waals surface area contributed by atoms with Crippen LogP contribution in [0.5, 0.6) is 0 Å². The predicted octanol–water partition coefficient (Wildman–Crippen LogP) is 6.49. The third-order valence-corrected chi connectivity index (χ3v) is 6.97. The van der Waals surface area contributed by atoms with E-state index < -0.39 is 0 Å². The molecule has 4 rings (SSSR count). The first kappa shape index (κ1) is 18.2. The summed E-state index contributed by atoms with van der Waals surface area (Å²) in [7, 11) is 2.22. The summed E-state index contributed by atoms with van der Waals surface area (Å²) in [6, 6.07) is 14.2. The molecule has 27 heavy (non-hydrogen) atoms. The molecule has 1 aliphatic rings. The molecule has 2 aromatic carbocycles. The van der Waals surface area contributed by atoms with Gasteiger partial charge in [-0.3, -0.25) is 0 Å². The minimum Gasteiger partial charge on any atom is -0.198 e. The van der Waals surface area contributed by atoms with E-state index in [2.05, 4.69) is 89.6 Å². The highest BCUT2D eigenvalue weighted by Crippen LogP contribution is 2.49. The number of hydrogen-bond donors (Lipinski definition) is 0. The number of aromatic nitrogens is 1. The van der Waals surface area contributed by atoms with E-state index in [4.69, 9.17) is 0 Å². The molecule has 0 N–H and O–H groups in total. The summed E-state index contributed by atoms with van der Waals surface area (Å²) >= 11 is 0. The van der Waals surface area contributed by atoms with Crippen molar-refractivity contribution in [2.45, 2.75) is 65.7 Å². The molecule has 0 radical (unpaired) electrons. The molecule has 0 aliphatic heterocycles. The molecule has 0 saturated heterocycles. The van der Waals surface area contributed by atoms with Crippen LogP contribution in [0.4, 0.5) is 0 Å². The van der Waals surface area contributed by atoms with Crippen molar-refractivity contribution in [1.82, 2.24) is 0 Å². The number of rotatable bonds is 3. The zero-order chi connectivity index (χ0) is 19.5. The van der Waals surface area contributed by atoms with Crippen molar-refractivity contribution in [3.63, 3.8) is 0 Å². The number of aryl methyl sites for hydroxylation is 2. The molecule has 1 heteroatoms. The van der Waals surface area contributed by atoms with Gasteiger partial charge in [-0.15, -0.1) is 0 Å². The smallest absolute Gasteiger partial charge is 0.198 e.